The van der Waals surface area contributed by atoms with Crippen molar-refractivity contribution in [2.45, 2.75) is 51.9 Å². The molecule has 0 saturated heterocycles. The van der Waals surface area contributed by atoms with Gasteiger partial charge in [-0.25, -0.2) is 4.79 Å². The molecular formula is C16H28O4. The van der Waals surface area contributed by atoms with Gasteiger partial charge in [0.1, 0.15) is 6.79 Å². The zero-order valence-electron chi connectivity index (χ0n) is 13.1. The minimum Gasteiger partial charge on any atom is -0.465 e. The Bertz CT molecular complexity index is 304. The maximum atomic E-state index is 11.6. The lowest BCUT2D eigenvalue weighted by atomic mass is 10.1. The van der Waals surface area contributed by atoms with Crippen molar-refractivity contribution in [2.24, 2.45) is 0 Å². The van der Waals surface area contributed by atoms with E-state index >= 15 is 0 Å². The third kappa shape index (κ3) is 10.8. The molecule has 4 heteroatoms. The molecule has 0 saturated carbocycles. The van der Waals surface area contributed by atoms with E-state index in [1.165, 1.54) is 26.4 Å². The number of rotatable bonds is 12. The van der Waals surface area contributed by atoms with Crippen molar-refractivity contribution in [3.63, 3.8) is 0 Å². The summed E-state index contributed by atoms with van der Waals surface area (Å²) in [5.74, 6) is -0.304. The predicted molar refractivity (Wildman–Crippen MR) is 79.4 cm³/mol. The van der Waals surface area contributed by atoms with E-state index in [-0.39, 0.29) is 12.8 Å². The average Bonchev–Trinajstić information content (AvgIpc) is 2.47. The fraction of sp³-hybridized carbons (Fsp3) is 0.750. The van der Waals surface area contributed by atoms with Crippen molar-refractivity contribution in [3.8, 4) is 0 Å². The molecule has 0 rings (SSSR count). The highest BCUT2D eigenvalue weighted by atomic mass is 16.7. The molecule has 0 spiro atoms. The van der Waals surface area contributed by atoms with Gasteiger partial charge in [0, 0.05) is 13.7 Å². The number of hydrogen-bond acceptors (Lipinski definition) is 4. The zero-order chi connectivity index (χ0) is 15.1. The van der Waals surface area contributed by atoms with E-state index in [1.54, 1.807) is 7.11 Å². The van der Waals surface area contributed by atoms with Crippen LogP contribution in [0.4, 0.5) is 0 Å². The molecule has 0 fully saturated rings. The fourth-order valence-corrected chi connectivity index (χ4v) is 1.72. The van der Waals surface area contributed by atoms with Gasteiger partial charge in [0.2, 0.25) is 0 Å². The first-order chi connectivity index (χ1) is 9.76. The number of unbranched alkanes of at least 4 members (excludes halogenated alkanes) is 4. The van der Waals surface area contributed by atoms with Crippen molar-refractivity contribution in [2.75, 3.05) is 27.6 Å². The first kappa shape index (κ1) is 18.9. The van der Waals surface area contributed by atoms with Crippen LogP contribution >= 0.6 is 0 Å². The predicted octanol–water partition coefficient (Wildman–Crippen LogP) is 3.61. The SMILES string of the molecule is CCCCCCC=C=C(CCCOCOC)C(=O)OC. The molecule has 0 aliphatic heterocycles. The summed E-state index contributed by atoms with van der Waals surface area (Å²) < 4.78 is 14.7. The van der Waals surface area contributed by atoms with Crippen molar-refractivity contribution < 1.29 is 19.0 Å². The Hall–Kier alpha value is -1.09. The maximum absolute atomic E-state index is 11.6. The van der Waals surface area contributed by atoms with Crippen molar-refractivity contribution in [1.82, 2.24) is 0 Å². The molecule has 4 nitrogen and oxygen atoms in total. The van der Waals surface area contributed by atoms with Gasteiger partial charge in [0.05, 0.1) is 12.7 Å². The molecule has 0 unspecified atom stereocenters. The van der Waals surface area contributed by atoms with Crippen LogP contribution in [0.5, 0.6) is 0 Å². The van der Waals surface area contributed by atoms with E-state index < -0.39 is 0 Å². The van der Waals surface area contributed by atoms with Crippen LogP contribution in [-0.4, -0.2) is 33.6 Å². The van der Waals surface area contributed by atoms with Gasteiger partial charge in [-0.15, -0.1) is 5.73 Å². The Morgan fingerprint density at radius 3 is 2.60 bits per heavy atom. The van der Waals surface area contributed by atoms with Gasteiger partial charge in [-0.05, 0) is 31.8 Å². The number of hydrogen-bond donors (Lipinski definition) is 0. The number of carbonyl (C=O) groups excluding carboxylic acids is 1. The smallest absolute Gasteiger partial charge is 0.341 e. The first-order valence-electron chi connectivity index (χ1n) is 7.35. The third-order valence-corrected chi connectivity index (χ3v) is 2.83. The van der Waals surface area contributed by atoms with Crippen LogP contribution in [0.2, 0.25) is 0 Å². The maximum Gasteiger partial charge on any atom is 0.341 e. The lowest BCUT2D eigenvalue weighted by Crippen LogP contribution is -2.06. The highest BCUT2D eigenvalue weighted by Gasteiger charge is 2.08. The molecule has 0 aromatic rings. The molecule has 0 aromatic heterocycles. The van der Waals surface area contributed by atoms with Gasteiger partial charge in [-0.2, -0.15) is 0 Å². The lowest BCUT2D eigenvalue weighted by molar-refractivity contribution is -0.136. The van der Waals surface area contributed by atoms with Gasteiger partial charge < -0.3 is 14.2 Å². The summed E-state index contributed by atoms with van der Waals surface area (Å²) in [4.78, 5) is 11.6. The standard InChI is InChI=1S/C16H28O4/c1-4-5-6-7-8-9-11-15(16(17)19-3)12-10-13-20-14-18-2/h9H,4-8,10,12-14H2,1-3H3. The first-order valence-corrected chi connectivity index (χ1v) is 7.35. The Balaban J connectivity index is 4.12. The van der Waals surface area contributed by atoms with Gasteiger partial charge in [0.25, 0.3) is 0 Å². The van der Waals surface area contributed by atoms with Gasteiger partial charge in [-0.1, -0.05) is 26.2 Å². The second kappa shape index (κ2) is 14.3. The molecule has 0 amide bonds. The van der Waals surface area contributed by atoms with Crippen LogP contribution in [0.1, 0.15) is 51.9 Å². The molecule has 0 bridgehead atoms. The van der Waals surface area contributed by atoms with E-state index in [2.05, 4.69) is 12.7 Å². The molecule has 116 valence electrons. The molecule has 0 N–H and O–H groups in total. The van der Waals surface area contributed by atoms with Crippen molar-refractivity contribution >= 4 is 5.97 Å². The summed E-state index contributed by atoms with van der Waals surface area (Å²) in [5, 5.41) is 0. The lowest BCUT2D eigenvalue weighted by Gasteiger charge is -2.04. The zero-order valence-corrected chi connectivity index (χ0v) is 13.1. The summed E-state index contributed by atoms with van der Waals surface area (Å²) in [5.41, 5.74) is 3.66. The van der Waals surface area contributed by atoms with Crippen LogP contribution in [0, 0.1) is 0 Å². The molecule has 0 aromatic carbocycles. The van der Waals surface area contributed by atoms with Gasteiger partial charge in [0.15, 0.2) is 0 Å². The average molecular weight is 284 g/mol. The Morgan fingerprint density at radius 1 is 1.15 bits per heavy atom. The minimum absolute atomic E-state index is 0.282. The molecule has 0 aliphatic rings. The summed E-state index contributed by atoms with van der Waals surface area (Å²) in [7, 11) is 2.98. The molecule has 0 radical (unpaired) electrons. The van der Waals surface area contributed by atoms with E-state index in [0.717, 1.165) is 19.3 Å². The number of methoxy groups -OCH3 is 2. The molecule has 20 heavy (non-hydrogen) atoms. The Morgan fingerprint density at radius 2 is 1.95 bits per heavy atom. The van der Waals surface area contributed by atoms with Gasteiger partial charge in [-0.3, -0.25) is 0 Å². The molecule has 0 heterocycles. The minimum atomic E-state index is -0.304. The topological polar surface area (TPSA) is 44.8 Å². The fourth-order valence-electron chi connectivity index (χ4n) is 1.72. The van der Waals surface area contributed by atoms with Crippen LogP contribution in [-0.2, 0) is 19.0 Å². The second-order valence-electron chi connectivity index (χ2n) is 4.59. The number of esters is 1. The Kier molecular flexibility index (Phi) is 13.5. The highest BCUT2D eigenvalue weighted by molar-refractivity contribution is 5.88. The largest absolute Gasteiger partial charge is 0.465 e. The van der Waals surface area contributed by atoms with E-state index in [9.17, 15) is 4.79 Å². The van der Waals surface area contributed by atoms with Crippen LogP contribution in [0.15, 0.2) is 17.4 Å². The molecule has 0 aliphatic carbocycles. The molecular weight excluding hydrogens is 256 g/mol. The number of carbonyl (C=O) groups is 1. The molecule has 0 atom stereocenters. The van der Waals surface area contributed by atoms with Crippen LogP contribution in [0.3, 0.4) is 0 Å². The summed E-state index contributed by atoms with van der Waals surface area (Å²) in [6.45, 7) is 3.04. The number of ether oxygens (including phenoxy) is 3. The third-order valence-electron chi connectivity index (χ3n) is 2.83. The highest BCUT2D eigenvalue weighted by Crippen LogP contribution is 2.08. The van der Waals surface area contributed by atoms with Crippen LogP contribution < -0.4 is 0 Å². The van der Waals surface area contributed by atoms with Gasteiger partial charge >= 0.3 is 5.97 Å². The van der Waals surface area contributed by atoms with E-state index in [0.29, 0.717) is 18.6 Å². The van der Waals surface area contributed by atoms with Crippen molar-refractivity contribution in [1.29, 1.82) is 0 Å². The quantitative estimate of drug-likeness (QED) is 0.180. The van der Waals surface area contributed by atoms with Crippen molar-refractivity contribution in [3.05, 3.63) is 17.4 Å². The summed E-state index contributed by atoms with van der Waals surface area (Å²) in [6, 6.07) is 0. The second-order valence-corrected chi connectivity index (χ2v) is 4.59. The summed E-state index contributed by atoms with van der Waals surface area (Å²) in [6.07, 6.45) is 9.14. The Labute approximate surface area is 122 Å². The van der Waals surface area contributed by atoms with E-state index in [4.69, 9.17) is 14.2 Å². The normalized spacial score (nSPS) is 9.95. The summed E-state index contributed by atoms with van der Waals surface area (Å²) >= 11 is 0. The van der Waals surface area contributed by atoms with E-state index in [1.807, 2.05) is 6.08 Å². The van der Waals surface area contributed by atoms with Crippen LogP contribution in [0.25, 0.3) is 0 Å². The monoisotopic (exact) mass is 284 g/mol.